The van der Waals surface area contributed by atoms with Crippen molar-refractivity contribution in [2.75, 3.05) is 6.54 Å². The lowest BCUT2D eigenvalue weighted by Crippen LogP contribution is -2.43. The van der Waals surface area contributed by atoms with Crippen LogP contribution in [0.5, 0.6) is 0 Å². The maximum absolute atomic E-state index is 12.8. The van der Waals surface area contributed by atoms with Crippen LogP contribution in [-0.2, 0) is 24.9 Å². The first-order valence-corrected chi connectivity index (χ1v) is 10.8. The monoisotopic (exact) mass is 415 g/mol. The molecule has 1 amide bonds. The fourth-order valence-corrected chi connectivity index (χ4v) is 4.45. The Labute approximate surface area is 173 Å². The van der Waals surface area contributed by atoms with E-state index in [9.17, 15) is 19.2 Å². The van der Waals surface area contributed by atoms with E-state index >= 15 is 0 Å². The lowest BCUT2D eigenvalue weighted by molar-refractivity contribution is -0.143. The Balaban J connectivity index is 1.57. The van der Waals surface area contributed by atoms with E-state index in [1.165, 1.54) is 11.8 Å². The van der Waals surface area contributed by atoms with Gasteiger partial charge in [-0.25, -0.2) is 0 Å². The molecule has 1 N–H and O–H groups in total. The van der Waals surface area contributed by atoms with Gasteiger partial charge in [-0.2, -0.15) is 0 Å². The molecule has 1 aromatic heterocycles. The zero-order chi connectivity index (χ0) is 21.0. The number of fused-ring (bicyclic) bond motifs is 1. The van der Waals surface area contributed by atoms with E-state index in [-0.39, 0.29) is 29.7 Å². The maximum Gasteiger partial charge on any atom is 0.287 e. The molecule has 2 atom stereocenters. The SMILES string of the molecule is CC(C)C(CC(=O)SCc1coc2ccccc12)C(=O)CC1CCNC(=O)C1=O. The van der Waals surface area contributed by atoms with Crippen molar-refractivity contribution in [2.45, 2.75) is 38.9 Å². The number of rotatable bonds is 8. The second-order valence-corrected chi connectivity index (χ2v) is 8.78. The molecule has 1 aliphatic heterocycles. The van der Waals surface area contributed by atoms with Crippen LogP contribution < -0.4 is 5.32 Å². The number of benzene rings is 1. The van der Waals surface area contributed by atoms with E-state index in [1.54, 1.807) is 6.26 Å². The largest absolute Gasteiger partial charge is 0.464 e. The molecule has 2 unspecified atom stereocenters. The molecule has 0 radical (unpaired) electrons. The van der Waals surface area contributed by atoms with Crippen LogP contribution >= 0.6 is 11.8 Å². The quantitative estimate of drug-likeness (QED) is 0.663. The van der Waals surface area contributed by atoms with Crippen molar-refractivity contribution in [3.05, 3.63) is 36.1 Å². The summed E-state index contributed by atoms with van der Waals surface area (Å²) in [5.41, 5.74) is 1.73. The molecule has 0 bridgehead atoms. The molecule has 0 saturated carbocycles. The molecule has 1 aromatic carbocycles. The molecular weight excluding hydrogens is 390 g/mol. The third-order valence-electron chi connectivity index (χ3n) is 5.38. The molecule has 1 aliphatic rings. The summed E-state index contributed by atoms with van der Waals surface area (Å²) < 4.78 is 5.50. The Morgan fingerprint density at radius 1 is 1.24 bits per heavy atom. The normalized spacial score (nSPS) is 18.1. The summed E-state index contributed by atoms with van der Waals surface area (Å²) >= 11 is 1.18. The predicted molar refractivity (Wildman–Crippen MR) is 111 cm³/mol. The number of para-hydroxylation sites is 1. The first-order valence-electron chi connectivity index (χ1n) is 9.82. The molecule has 7 heteroatoms. The number of thioether (sulfide) groups is 1. The molecule has 1 saturated heterocycles. The minimum absolute atomic E-state index is 0.0191. The Morgan fingerprint density at radius 3 is 2.76 bits per heavy atom. The highest BCUT2D eigenvalue weighted by molar-refractivity contribution is 8.12. The molecule has 2 heterocycles. The van der Waals surface area contributed by atoms with Gasteiger partial charge in [-0.15, -0.1) is 0 Å². The number of furan rings is 1. The average Bonchev–Trinajstić information content (AvgIpc) is 3.11. The van der Waals surface area contributed by atoms with Crippen molar-refractivity contribution in [2.24, 2.45) is 17.8 Å². The highest BCUT2D eigenvalue weighted by Gasteiger charge is 2.34. The average molecular weight is 416 g/mol. The van der Waals surface area contributed by atoms with Gasteiger partial charge >= 0.3 is 0 Å². The van der Waals surface area contributed by atoms with Crippen LogP contribution in [0.3, 0.4) is 0 Å². The first-order chi connectivity index (χ1) is 13.9. The van der Waals surface area contributed by atoms with Crippen LogP contribution in [0.15, 0.2) is 34.9 Å². The van der Waals surface area contributed by atoms with E-state index < -0.39 is 23.5 Å². The van der Waals surface area contributed by atoms with Crippen molar-refractivity contribution in [3.63, 3.8) is 0 Å². The molecular formula is C22H25NO5S. The van der Waals surface area contributed by atoms with E-state index in [1.807, 2.05) is 38.1 Å². The van der Waals surface area contributed by atoms with Crippen LogP contribution in [-0.4, -0.2) is 29.1 Å². The zero-order valence-electron chi connectivity index (χ0n) is 16.6. The molecule has 0 spiro atoms. The number of piperidine rings is 1. The summed E-state index contributed by atoms with van der Waals surface area (Å²) in [7, 11) is 0. The van der Waals surface area contributed by atoms with Gasteiger partial charge < -0.3 is 9.73 Å². The van der Waals surface area contributed by atoms with Gasteiger partial charge in [0.15, 0.2) is 5.12 Å². The zero-order valence-corrected chi connectivity index (χ0v) is 17.4. The number of carbonyl (C=O) groups excluding carboxylic acids is 4. The second-order valence-electron chi connectivity index (χ2n) is 7.75. The number of Topliss-reactive ketones (excluding diaryl/α,β-unsaturated/α-hetero) is 2. The van der Waals surface area contributed by atoms with Gasteiger partial charge in [0.2, 0.25) is 5.78 Å². The molecule has 29 heavy (non-hydrogen) atoms. The van der Waals surface area contributed by atoms with Gasteiger partial charge in [0.05, 0.1) is 6.26 Å². The third kappa shape index (κ3) is 5.15. The molecule has 3 rings (SSSR count). The van der Waals surface area contributed by atoms with E-state index in [2.05, 4.69) is 5.32 Å². The van der Waals surface area contributed by atoms with E-state index in [4.69, 9.17) is 4.42 Å². The number of hydrogen-bond donors (Lipinski definition) is 1. The van der Waals surface area contributed by atoms with Crippen LogP contribution in [0.1, 0.15) is 38.7 Å². The third-order valence-corrected chi connectivity index (χ3v) is 6.32. The van der Waals surface area contributed by atoms with Gasteiger partial charge in [0.1, 0.15) is 11.4 Å². The summed E-state index contributed by atoms with van der Waals surface area (Å²) in [6.45, 7) is 4.21. The van der Waals surface area contributed by atoms with Gasteiger partial charge in [0, 0.05) is 47.9 Å². The molecule has 154 valence electrons. The summed E-state index contributed by atoms with van der Waals surface area (Å²) in [6.07, 6.45) is 2.29. The summed E-state index contributed by atoms with van der Waals surface area (Å²) in [5.74, 6) is -1.82. The lowest BCUT2D eigenvalue weighted by atomic mass is 9.82. The Bertz CT molecular complexity index is 932. The molecule has 1 fully saturated rings. The number of amides is 1. The van der Waals surface area contributed by atoms with Crippen molar-refractivity contribution < 1.29 is 23.6 Å². The summed E-state index contributed by atoms with van der Waals surface area (Å²) in [4.78, 5) is 48.8. The summed E-state index contributed by atoms with van der Waals surface area (Å²) in [6, 6.07) is 7.66. The summed E-state index contributed by atoms with van der Waals surface area (Å²) in [5, 5.41) is 3.42. The number of carbonyl (C=O) groups is 4. The standard InChI is InChI=1S/C22H25NO5S/c1-13(2)17(18(24)9-14-7-8-23-22(27)21(14)26)10-20(25)29-12-15-11-28-19-6-4-3-5-16(15)19/h3-6,11,13-14,17H,7-10,12H2,1-2H3,(H,23,27). The minimum Gasteiger partial charge on any atom is -0.464 e. The van der Waals surface area contributed by atoms with Gasteiger partial charge in [-0.05, 0) is 18.4 Å². The van der Waals surface area contributed by atoms with Crippen LogP contribution in [0.4, 0.5) is 0 Å². The van der Waals surface area contributed by atoms with Gasteiger partial charge in [-0.3, -0.25) is 19.2 Å². The fraction of sp³-hybridized carbons (Fsp3) is 0.455. The van der Waals surface area contributed by atoms with Crippen molar-refractivity contribution >= 4 is 45.3 Å². The fourth-order valence-electron chi connectivity index (χ4n) is 3.62. The highest BCUT2D eigenvalue weighted by Crippen LogP contribution is 2.29. The van der Waals surface area contributed by atoms with Crippen LogP contribution in [0.25, 0.3) is 11.0 Å². The Hall–Kier alpha value is -2.41. The van der Waals surface area contributed by atoms with Crippen molar-refractivity contribution in [1.82, 2.24) is 5.32 Å². The smallest absolute Gasteiger partial charge is 0.287 e. The number of hydrogen-bond acceptors (Lipinski definition) is 6. The second kappa shape index (κ2) is 9.39. The molecule has 0 aliphatic carbocycles. The lowest BCUT2D eigenvalue weighted by Gasteiger charge is -2.24. The minimum atomic E-state index is -0.617. The number of nitrogens with one attached hydrogen (secondary N) is 1. The van der Waals surface area contributed by atoms with E-state index in [0.717, 1.165) is 16.5 Å². The van der Waals surface area contributed by atoms with Crippen molar-refractivity contribution in [1.29, 1.82) is 0 Å². The topological polar surface area (TPSA) is 93.4 Å². The van der Waals surface area contributed by atoms with Crippen LogP contribution in [0, 0.1) is 17.8 Å². The Kier molecular flexibility index (Phi) is 6.90. The number of ketones is 2. The van der Waals surface area contributed by atoms with Crippen molar-refractivity contribution in [3.8, 4) is 0 Å². The van der Waals surface area contributed by atoms with Gasteiger partial charge in [-0.1, -0.05) is 43.8 Å². The predicted octanol–water partition coefficient (Wildman–Crippen LogP) is 3.52. The first kappa shape index (κ1) is 21.3. The van der Waals surface area contributed by atoms with E-state index in [0.29, 0.717) is 18.7 Å². The highest BCUT2D eigenvalue weighted by atomic mass is 32.2. The van der Waals surface area contributed by atoms with Gasteiger partial charge in [0.25, 0.3) is 5.91 Å². The maximum atomic E-state index is 12.8. The van der Waals surface area contributed by atoms with Crippen LogP contribution in [0.2, 0.25) is 0 Å². The Morgan fingerprint density at radius 2 is 2.00 bits per heavy atom. The molecule has 2 aromatic rings. The molecule has 6 nitrogen and oxygen atoms in total.